The number of fused-ring (bicyclic) bond motifs is 10. The monoisotopic (exact) mass is 699 g/mol. The second-order valence-corrected chi connectivity index (χ2v) is 14.6. The minimum Gasteiger partial charge on any atom is -0.309 e. The van der Waals surface area contributed by atoms with Crippen LogP contribution in [-0.4, -0.2) is 13.7 Å². The average Bonchev–Trinajstić information content (AvgIpc) is 3.88. The maximum atomic E-state index is 2.45. The van der Waals surface area contributed by atoms with Crippen molar-refractivity contribution >= 4 is 76.2 Å². The average molecular weight is 700 g/mol. The highest BCUT2D eigenvalue weighted by atomic mass is 15.0. The van der Waals surface area contributed by atoms with Crippen molar-refractivity contribution in [2.45, 2.75) is 0 Å². The standard InChI is InChI=1S/C52H33N3/c1-2-15-37(16-3-1)53-47-21-9-6-19-41(47)44-29-27-38(33-52(44)53)54-48-22-10-7-18-40(48)43-28-25-36(32-51(43)54)35-26-30-50-45(31-35)42-20-8-11-23-49(42)55(50)46-24-12-14-34-13-4-5-17-39(34)46/h1-33H. The van der Waals surface area contributed by atoms with Gasteiger partial charge in [-0.25, -0.2) is 0 Å². The maximum Gasteiger partial charge on any atom is 0.0561 e. The van der Waals surface area contributed by atoms with E-state index in [9.17, 15) is 0 Å². The normalized spacial score (nSPS) is 12.0. The minimum atomic E-state index is 1.14. The van der Waals surface area contributed by atoms with E-state index in [4.69, 9.17) is 0 Å². The van der Waals surface area contributed by atoms with Crippen LogP contribution in [0.15, 0.2) is 200 Å². The van der Waals surface area contributed by atoms with Crippen LogP contribution in [0.25, 0.3) is 104 Å². The van der Waals surface area contributed by atoms with Gasteiger partial charge in [-0.3, -0.25) is 0 Å². The molecule has 0 radical (unpaired) electrons. The molecule has 0 amide bonds. The van der Waals surface area contributed by atoms with Crippen LogP contribution in [0.3, 0.4) is 0 Å². The largest absolute Gasteiger partial charge is 0.309 e. The highest BCUT2D eigenvalue weighted by molar-refractivity contribution is 6.14. The molecule has 0 aliphatic heterocycles. The Hall–Kier alpha value is -7.36. The molecule has 0 saturated carbocycles. The summed E-state index contributed by atoms with van der Waals surface area (Å²) >= 11 is 0. The van der Waals surface area contributed by atoms with Gasteiger partial charge in [0.05, 0.1) is 38.8 Å². The summed E-state index contributed by atoms with van der Waals surface area (Å²) in [6.45, 7) is 0. The van der Waals surface area contributed by atoms with Crippen LogP contribution in [0.1, 0.15) is 0 Å². The molecule has 12 rings (SSSR count). The summed E-state index contributed by atoms with van der Waals surface area (Å²) in [5, 5.41) is 10.0. The third kappa shape index (κ3) is 4.38. The molecule has 256 valence electrons. The van der Waals surface area contributed by atoms with Crippen molar-refractivity contribution in [2.24, 2.45) is 0 Å². The molecule has 55 heavy (non-hydrogen) atoms. The predicted octanol–water partition coefficient (Wildman–Crippen LogP) is 13.8. The van der Waals surface area contributed by atoms with Crippen LogP contribution in [0.5, 0.6) is 0 Å². The Bertz CT molecular complexity index is 3480. The zero-order valence-electron chi connectivity index (χ0n) is 29.9. The summed E-state index contributed by atoms with van der Waals surface area (Å²) in [4.78, 5) is 0. The van der Waals surface area contributed by atoms with E-state index < -0.39 is 0 Å². The molecule has 0 fully saturated rings. The summed E-state index contributed by atoms with van der Waals surface area (Å²) < 4.78 is 7.28. The molecule has 0 unspecified atom stereocenters. The molecule has 3 aromatic heterocycles. The lowest BCUT2D eigenvalue weighted by atomic mass is 10.0. The molecular formula is C52H33N3. The number of benzene rings is 9. The lowest BCUT2D eigenvalue weighted by molar-refractivity contribution is 1.15. The summed E-state index contributed by atoms with van der Waals surface area (Å²) in [5.41, 5.74) is 13.1. The van der Waals surface area contributed by atoms with Gasteiger partial charge in [0.2, 0.25) is 0 Å². The highest BCUT2D eigenvalue weighted by Crippen LogP contribution is 2.40. The maximum absolute atomic E-state index is 2.45. The number of hydrogen-bond donors (Lipinski definition) is 0. The fraction of sp³-hybridized carbons (Fsp3) is 0. The first-order valence-electron chi connectivity index (χ1n) is 18.9. The van der Waals surface area contributed by atoms with Gasteiger partial charge in [0.1, 0.15) is 0 Å². The van der Waals surface area contributed by atoms with Gasteiger partial charge in [0.25, 0.3) is 0 Å². The lowest BCUT2D eigenvalue weighted by Crippen LogP contribution is -1.97. The zero-order valence-corrected chi connectivity index (χ0v) is 29.9. The van der Waals surface area contributed by atoms with Gasteiger partial charge in [-0.2, -0.15) is 0 Å². The second kappa shape index (κ2) is 11.6. The molecule has 9 aromatic carbocycles. The van der Waals surface area contributed by atoms with E-state index in [0.717, 1.165) is 11.4 Å². The summed E-state index contributed by atoms with van der Waals surface area (Å²) in [7, 11) is 0. The van der Waals surface area contributed by atoms with Crippen LogP contribution < -0.4 is 0 Å². The molecule has 0 bridgehead atoms. The van der Waals surface area contributed by atoms with E-state index in [-0.39, 0.29) is 0 Å². The molecule has 0 spiro atoms. The van der Waals surface area contributed by atoms with Crippen LogP contribution in [-0.2, 0) is 0 Å². The number of para-hydroxylation sites is 4. The Labute approximate surface area is 317 Å². The van der Waals surface area contributed by atoms with E-state index in [1.165, 1.54) is 93.0 Å². The SMILES string of the molecule is c1ccc(-n2c3ccccc3c3ccc(-n4c5ccccc5c5ccc(-c6ccc7c(c6)c6ccccc6n7-c6cccc7ccccc67)cc54)cc32)cc1. The van der Waals surface area contributed by atoms with E-state index in [0.29, 0.717) is 0 Å². The molecular weight excluding hydrogens is 667 g/mol. The molecule has 0 aliphatic carbocycles. The van der Waals surface area contributed by atoms with Gasteiger partial charge in [-0.1, -0.05) is 133 Å². The van der Waals surface area contributed by atoms with Crippen LogP contribution in [0.2, 0.25) is 0 Å². The topological polar surface area (TPSA) is 14.8 Å². The van der Waals surface area contributed by atoms with Crippen molar-refractivity contribution in [3.05, 3.63) is 200 Å². The Kier molecular flexibility index (Phi) is 6.34. The summed E-state index contributed by atoms with van der Waals surface area (Å²) in [5.74, 6) is 0. The first-order valence-corrected chi connectivity index (χ1v) is 18.9. The van der Waals surface area contributed by atoms with Crippen molar-refractivity contribution in [1.29, 1.82) is 0 Å². The molecule has 3 heterocycles. The lowest BCUT2D eigenvalue weighted by Gasteiger charge is -2.12. The van der Waals surface area contributed by atoms with Crippen molar-refractivity contribution in [3.63, 3.8) is 0 Å². The number of rotatable bonds is 4. The third-order valence-electron chi connectivity index (χ3n) is 11.6. The van der Waals surface area contributed by atoms with E-state index in [1.54, 1.807) is 0 Å². The quantitative estimate of drug-likeness (QED) is 0.174. The Balaban J connectivity index is 1.08. The van der Waals surface area contributed by atoms with Gasteiger partial charge in [-0.15, -0.1) is 0 Å². The van der Waals surface area contributed by atoms with Gasteiger partial charge in [-0.05, 0) is 83.2 Å². The van der Waals surface area contributed by atoms with Crippen LogP contribution >= 0.6 is 0 Å². The van der Waals surface area contributed by atoms with Gasteiger partial charge < -0.3 is 13.7 Å². The van der Waals surface area contributed by atoms with Gasteiger partial charge in [0, 0.05) is 49.1 Å². The van der Waals surface area contributed by atoms with Crippen molar-refractivity contribution in [3.8, 4) is 28.2 Å². The first kappa shape index (κ1) is 30.1. The van der Waals surface area contributed by atoms with Crippen LogP contribution in [0, 0.1) is 0 Å². The Morgan fingerprint density at radius 2 is 0.727 bits per heavy atom. The molecule has 0 N–H and O–H groups in total. The van der Waals surface area contributed by atoms with Crippen molar-refractivity contribution < 1.29 is 0 Å². The molecule has 0 saturated heterocycles. The highest BCUT2D eigenvalue weighted by Gasteiger charge is 2.19. The van der Waals surface area contributed by atoms with Crippen molar-refractivity contribution in [2.75, 3.05) is 0 Å². The summed E-state index contributed by atoms with van der Waals surface area (Å²) in [6, 6.07) is 73.3. The third-order valence-corrected chi connectivity index (χ3v) is 11.6. The Morgan fingerprint density at radius 1 is 0.236 bits per heavy atom. The zero-order chi connectivity index (χ0) is 36.0. The fourth-order valence-corrected chi connectivity index (χ4v) is 9.20. The van der Waals surface area contributed by atoms with E-state index >= 15 is 0 Å². The summed E-state index contributed by atoms with van der Waals surface area (Å²) in [6.07, 6.45) is 0. The number of aromatic nitrogens is 3. The first-order chi connectivity index (χ1) is 27.3. The number of nitrogens with zero attached hydrogens (tertiary/aromatic N) is 3. The van der Waals surface area contributed by atoms with Gasteiger partial charge >= 0.3 is 0 Å². The minimum absolute atomic E-state index is 1.14. The van der Waals surface area contributed by atoms with Crippen LogP contribution in [0.4, 0.5) is 0 Å². The molecule has 12 aromatic rings. The fourth-order valence-electron chi connectivity index (χ4n) is 9.20. The second-order valence-electron chi connectivity index (χ2n) is 14.6. The smallest absolute Gasteiger partial charge is 0.0561 e. The Morgan fingerprint density at radius 3 is 1.47 bits per heavy atom. The van der Waals surface area contributed by atoms with E-state index in [2.05, 4.69) is 214 Å². The predicted molar refractivity (Wildman–Crippen MR) is 232 cm³/mol. The van der Waals surface area contributed by atoms with Gasteiger partial charge in [0.15, 0.2) is 0 Å². The molecule has 0 aliphatic rings. The van der Waals surface area contributed by atoms with Crippen molar-refractivity contribution in [1.82, 2.24) is 13.7 Å². The molecule has 3 nitrogen and oxygen atoms in total. The molecule has 0 atom stereocenters. The number of hydrogen-bond acceptors (Lipinski definition) is 0. The van der Waals surface area contributed by atoms with E-state index in [1.807, 2.05) is 0 Å². The molecule has 3 heteroatoms.